The van der Waals surface area contributed by atoms with Crippen LogP contribution in [0.2, 0.25) is 59.3 Å². The first-order chi connectivity index (χ1) is 8.83. The van der Waals surface area contributed by atoms with Gasteiger partial charge >= 0.3 is 155 Å². The van der Waals surface area contributed by atoms with Crippen LogP contribution in [0.1, 0.15) is 0 Å². The van der Waals surface area contributed by atoms with Gasteiger partial charge < -0.3 is 0 Å². The average molecular weight is 747 g/mol. The molecule has 0 rings (SSSR count). The van der Waals surface area contributed by atoms with E-state index in [9.17, 15) is 0 Å². The van der Waals surface area contributed by atoms with E-state index in [1.165, 1.54) is 0 Å². The Kier molecular flexibility index (Phi) is 9.58. The molecule has 128 valence electrons. The summed E-state index contributed by atoms with van der Waals surface area (Å²) in [5, 5.41) is 0. The molecule has 0 aromatic rings. The second-order valence-corrected chi connectivity index (χ2v) is 66.4. The zero-order valence-corrected chi connectivity index (χ0v) is 28.5. The molecule has 4 nitrogen and oxygen atoms in total. The van der Waals surface area contributed by atoms with Crippen LogP contribution in [0.5, 0.6) is 0 Å². The second-order valence-electron chi connectivity index (χ2n) is 9.36. The van der Waals surface area contributed by atoms with Gasteiger partial charge in [0, 0.05) is 0 Å². The number of rotatable bonds is 8. The Hall–Kier alpha value is 3.25. The fourth-order valence-corrected chi connectivity index (χ4v) is 47.1. The first-order valence-electron chi connectivity index (χ1n) is 7.63. The van der Waals surface area contributed by atoms with Crippen LogP contribution in [0.3, 0.4) is 0 Å². The van der Waals surface area contributed by atoms with Crippen molar-refractivity contribution < 1.29 is 11.1 Å². The molecule has 9 heteroatoms. The van der Waals surface area contributed by atoms with Gasteiger partial charge in [0.1, 0.15) is 0 Å². The first kappa shape index (κ1) is 24.3. The van der Waals surface area contributed by atoms with Crippen molar-refractivity contribution in [2.24, 2.45) is 0 Å². The van der Waals surface area contributed by atoms with E-state index in [1.54, 1.807) is 0 Å². The van der Waals surface area contributed by atoms with E-state index in [-0.39, 0.29) is 0 Å². The molecule has 0 aromatic carbocycles. The van der Waals surface area contributed by atoms with Gasteiger partial charge in [-0.15, -0.1) is 0 Å². The average Bonchev–Trinajstić information content (AvgIpc) is 1.83. The molecule has 0 aliphatic carbocycles. The van der Waals surface area contributed by atoms with E-state index in [0.717, 1.165) is 0 Å². The summed E-state index contributed by atoms with van der Waals surface area (Å²) in [5.41, 5.74) is 0. The van der Waals surface area contributed by atoms with E-state index < -0.39 is 84.2 Å². The third-order valence-electron chi connectivity index (χ3n) is 1.72. The van der Waals surface area contributed by atoms with Gasteiger partial charge in [-0.25, -0.2) is 0 Å². The molecule has 0 spiro atoms. The first-order valence-corrected chi connectivity index (χ1v) is 48.2. The Balaban J connectivity index is 5.70. The van der Waals surface area contributed by atoms with Gasteiger partial charge in [0.05, 0.1) is 0 Å². The third kappa shape index (κ3) is 14.1. The van der Waals surface area contributed by atoms with Gasteiger partial charge in [0.25, 0.3) is 0 Å². The van der Waals surface area contributed by atoms with Crippen molar-refractivity contribution in [1.29, 1.82) is 0 Å². The molecule has 0 aliphatic rings. The maximum absolute atomic E-state index is 6.59. The Bertz CT molecular complexity index is 270. The summed E-state index contributed by atoms with van der Waals surface area (Å²) >= 11 is -10.3. The van der Waals surface area contributed by atoms with Gasteiger partial charge in [0.2, 0.25) is 0 Å². The van der Waals surface area contributed by atoms with E-state index in [2.05, 4.69) is 59.3 Å². The fourth-order valence-electron chi connectivity index (χ4n) is 1.63. The molecule has 21 heavy (non-hydrogen) atoms. The summed E-state index contributed by atoms with van der Waals surface area (Å²) < 4.78 is 26.4. The molecule has 0 amide bonds. The quantitative estimate of drug-likeness (QED) is 0.334. The van der Waals surface area contributed by atoms with Gasteiger partial charge in [-0.2, -0.15) is 0 Å². The van der Waals surface area contributed by atoms with Crippen molar-refractivity contribution in [1.82, 2.24) is 0 Å². The van der Waals surface area contributed by atoms with Crippen LogP contribution in [0.15, 0.2) is 0 Å². The molecule has 0 radical (unpaired) electrons. The Labute approximate surface area is 152 Å². The summed E-state index contributed by atoms with van der Waals surface area (Å²) in [7, 11) is -2.96. The van der Waals surface area contributed by atoms with E-state index in [4.69, 9.17) is 11.1 Å². The summed E-state index contributed by atoms with van der Waals surface area (Å²) in [6.45, 7) is 0. The van der Waals surface area contributed by atoms with Crippen LogP contribution < -0.4 is 0 Å². The molecular weight excluding hydrogens is 711 g/mol. The summed E-state index contributed by atoms with van der Waals surface area (Å²) in [6, 6.07) is 0. The monoisotopic (exact) mass is 752 g/mol. The topological polar surface area (TPSA) is 36.9 Å². The van der Waals surface area contributed by atoms with Crippen LogP contribution in [0, 0.1) is 0 Å². The van der Waals surface area contributed by atoms with Crippen LogP contribution in [-0.4, -0.2) is 84.2 Å². The number of hydrogen-bond donors (Lipinski definition) is 0. The van der Waals surface area contributed by atoms with Crippen molar-refractivity contribution in [3.63, 3.8) is 0 Å². The summed E-state index contributed by atoms with van der Waals surface area (Å²) in [4.78, 5) is 27.2. The minimum atomic E-state index is -2.96. The predicted molar refractivity (Wildman–Crippen MR) is 103 cm³/mol. The Morgan fingerprint density at radius 2 is 0.524 bits per heavy atom. The Morgan fingerprint density at radius 3 is 0.619 bits per heavy atom. The molecule has 0 saturated carbocycles. The SMILES string of the molecule is [CH3][Sn]([CH3])([CH3])[O][Si]([O][Sn]([CH3])([CH3])[CH3])([O][Sn]([CH3])([CH3])[CH3])[O][Sn]([CH3])([CH3])[CH3]. The van der Waals surface area contributed by atoms with E-state index in [1.807, 2.05) is 0 Å². The van der Waals surface area contributed by atoms with E-state index in [0.29, 0.717) is 0 Å². The molecule has 0 unspecified atom stereocenters. The zero-order chi connectivity index (χ0) is 17.3. The number of hydrogen-bond acceptors (Lipinski definition) is 4. The molecule has 0 saturated heterocycles. The molecule has 0 aromatic heterocycles. The van der Waals surface area contributed by atoms with Crippen LogP contribution in [-0.2, 0) is 11.1 Å². The zero-order valence-electron chi connectivity index (χ0n) is 16.1. The van der Waals surface area contributed by atoms with Crippen molar-refractivity contribution in [2.75, 3.05) is 0 Å². The van der Waals surface area contributed by atoms with Gasteiger partial charge in [-0.05, 0) is 0 Å². The van der Waals surface area contributed by atoms with Crippen LogP contribution >= 0.6 is 0 Å². The molecule has 0 fully saturated rings. The molecular formula is C12H36O4SiSn4. The maximum atomic E-state index is 6.59. The second kappa shape index (κ2) is 8.30. The van der Waals surface area contributed by atoms with Gasteiger partial charge in [-0.3, -0.25) is 0 Å². The van der Waals surface area contributed by atoms with Gasteiger partial charge in [0.15, 0.2) is 0 Å². The van der Waals surface area contributed by atoms with Crippen molar-refractivity contribution in [3.8, 4) is 0 Å². The van der Waals surface area contributed by atoms with Gasteiger partial charge in [-0.1, -0.05) is 0 Å². The van der Waals surface area contributed by atoms with Crippen molar-refractivity contribution in [3.05, 3.63) is 0 Å². The Morgan fingerprint density at radius 1 is 0.381 bits per heavy atom. The van der Waals surface area contributed by atoms with Crippen LogP contribution in [0.4, 0.5) is 0 Å². The van der Waals surface area contributed by atoms with E-state index >= 15 is 0 Å². The standard InChI is InChI=1S/12CH3.O4Si.4Sn/c;;;;;;;;;;;;1-5(2,3)4;;;;/h12*1H3;;;;;/q;;;;;;;;;;;;-4;4*+1. The summed E-state index contributed by atoms with van der Waals surface area (Å²) in [6.07, 6.45) is 0. The summed E-state index contributed by atoms with van der Waals surface area (Å²) in [5.74, 6) is 0. The molecule has 0 atom stereocenters. The van der Waals surface area contributed by atoms with Crippen molar-refractivity contribution in [2.45, 2.75) is 59.3 Å². The van der Waals surface area contributed by atoms with Crippen molar-refractivity contribution >= 4 is 84.2 Å². The molecule has 0 N–H and O–H groups in total. The molecule has 0 aliphatic heterocycles. The van der Waals surface area contributed by atoms with Crippen LogP contribution in [0.25, 0.3) is 0 Å². The minimum absolute atomic E-state index is 2.26. The normalized spacial score (nSPS) is 15.4. The molecule has 0 bridgehead atoms. The molecule has 0 heterocycles. The fraction of sp³-hybridized carbons (Fsp3) is 1.00. The third-order valence-corrected chi connectivity index (χ3v) is 34.7. The predicted octanol–water partition coefficient (Wildman–Crippen LogP) is 4.83.